The maximum atomic E-state index is 13.0. The van der Waals surface area contributed by atoms with Crippen molar-refractivity contribution in [2.24, 2.45) is 0 Å². The van der Waals surface area contributed by atoms with Crippen molar-refractivity contribution in [3.63, 3.8) is 0 Å². The summed E-state index contributed by atoms with van der Waals surface area (Å²) in [4.78, 5) is 17.9. The number of hydrogen-bond acceptors (Lipinski definition) is 5. The number of aliphatic hydroxyl groups is 1. The van der Waals surface area contributed by atoms with Crippen LogP contribution in [0.4, 0.5) is 0 Å². The van der Waals surface area contributed by atoms with E-state index >= 15 is 0 Å². The highest BCUT2D eigenvalue weighted by Crippen LogP contribution is 2.33. The molecule has 0 radical (unpaired) electrons. The number of β-amino-alcohol motifs (C(OH)–C–C–N with tert-alkyl or cyclic N) is 1. The highest BCUT2D eigenvalue weighted by atomic mass is 32.1. The van der Waals surface area contributed by atoms with Gasteiger partial charge in [-0.1, -0.05) is 18.2 Å². The van der Waals surface area contributed by atoms with Crippen molar-refractivity contribution < 1.29 is 14.6 Å². The van der Waals surface area contributed by atoms with Crippen LogP contribution in [-0.4, -0.2) is 66.8 Å². The summed E-state index contributed by atoms with van der Waals surface area (Å²) in [5, 5.41) is 10.6. The van der Waals surface area contributed by atoms with E-state index in [2.05, 4.69) is 17.0 Å². The largest absolute Gasteiger partial charge is 0.392 e. The molecule has 1 amide bonds. The highest BCUT2D eigenvalue weighted by Gasteiger charge is 2.26. The lowest BCUT2D eigenvalue weighted by Crippen LogP contribution is -2.50. The number of carbonyl (C=O) groups excluding carboxylic acids is 1. The average Bonchev–Trinajstić information content (AvgIpc) is 2.94. The number of amides is 1. The van der Waals surface area contributed by atoms with Crippen LogP contribution in [-0.2, 0) is 11.3 Å². The van der Waals surface area contributed by atoms with E-state index < -0.39 is 0 Å². The third kappa shape index (κ3) is 3.62. The first-order chi connectivity index (χ1) is 11.6. The van der Waals surface area contributed by atoms with Gasteiger partial charge in [-0.3, -0.25) is 9.69 Å². The molecule has 1 unspecified atom stereocenters. The average molecular weight is 348 g/mol. The van der Waals surface area contributed by atoms with Crippen molar-refractivity contribution >= 4 is 27.3 Å². The molecular weight excluding hydrogens is 324 g/mol. The van der Waals surface area contributed by atoms with Crippen molar-refractivity contribution in [2.75, 3.05) is 39.8 Å². The number of carbonyl (C=O) groups is 1. The van der Waals surface area contributed by atoms with E-state index in [1.165, 1.54) is 0 Å². The second-order valence-electron chi connectivity index (χ2n) is 6.28. The predicted octanol–water partition coefficient (Wildman–Crippen LogP) is 2.19. The molecule has 0 saturated carbocycles. The second-order valence-corrected chi connectivity index (χ2v) is 7.33. The topological polar surface area (TPSA) is 53.0 Å². The van der Waals surface area contributed by atoms with Gasteiger partial charge in [0.1, 0.15) is 0 Å². The molecule has 1 aliphatic heterocycles. The molecule has 1 atom stereocenters. The third-order valence-electron chi connectivity index (χ3n) is 4.36. The molecule has 130 valence electrons. The van der Waals surface area contributed by atoms with E-state index in [9.17, 15) is 9.90 Å². The Morgan fingerprint density at radius 3 is 2.67 bits per heavy atom. The number of methoxy groups -OCH3 is 1. The van der Waals surface area contributed by atoms with Gasteiger partial charge in [0.25, 0.3) is 5.91 Å². The van der Waals surface area contributed by atoms with Crippen molar-refractivity contribution in [1.82, 2.24) is 9.80 Å². The van der Waals surface area contributed by atoms with Gasteiger partial charge in [-0.05, 0) is 18.4 Å². The molecule has 0 spiro atoms. The Morgan fingerprint density at radius 2 is 2.00 bits per heavy atom. The van der Waals surface area contributed by atoms with Crippen molar-refractivity contribution in [3.8, 4) is 0 Å². The summed E-state index contributed by atoms with van der Waals surface area (Å²) in [5.41, 5.74) is 0.995. The molecule has 2 aromatic rings. The lowest BCUT2D eigenvalue weighted by Gasteiger charge is -2.35. The van der Waals surface area contributed by atoms with E-state index in [1.54, 1.807) is 25.4 Å². The number of hydrogen-bond donors (Lipinski definition) is 1. The maximum Gasteiger partial charge on any atom is 0.264 e. The Kier molecular flexibility index (Phi) is 5.50. The number of ether oxygens (including phenoxy) is 1. The van der Waals surface area contributed by atoms with Crippen LogP contribution in [0.15, 0.2) is 24.3 Å². The van der Waals surface area contributed by atoms with E-state index in [1.807, 2.05) is 17.0 Å². The number of fused-ring (bicyclic) bond motifs is 1. The van der Waals surface area contributed by atoms with Crippen LogP contribution in [0.2, 0.25) is 0 Å². The second kappa shape index (κ2) is 7.61. The number of piperazine rings is 1. The molecule has 0 bridgehead atoms. The summed E-state index contributed by atoms with van der Waals surface area (Å²) < 4.78 is 6.46. The summed E-state index contributed by atoms with van der Waals surface area (Å²) in [5.74, 6) is 0.0972. The standard InChI is InChI=1S/C18H24N2O3S/c1-13(21)11-19-7-9-20(10-8-19)18(22)17-15(12-23-2)14-5-3-4-6-16(14)24-17/h3-6,13,21H,7-12H2,1-2H3. The van der Waals surface area contributed by atoms with Crippen LogP contribution in [0, 0.1) is 0 Å². The first-order valence-electron chi connectivity index (χ1n) is 8.29. The fraction of sp³-hybridized carbons (Fsp3) is 0.500. The molecule has 1 saturated heterocycles. The van der Waals surface area contributed by atoms with Gasteiger partial charge < -0.3 is 14.7 Å². The third-order valence-corrected chi connectivity index (χ3v) is 5.56. The molecule has 1 aromatic carbocycles. The molecule has 1 aliphatic rings. The molecule has 0 aliphatic carbocycles. The fourth-order valence-electron chi connectivity index (χ4n) is 3.21. The van der Waals surface area contributed by atoms with E-state index in [0.717, 1.165) is 33.6 Å². The molecule has 1 aromatic heterocycles. The van der Waals surface area contributed by atoms with Gasteiger partial charge in [-0.15, -0.1) is 11.3 Å². The van der Waals surface area contributed by atoms with Crippen LogP contribution in [0.25, 0.3) is 10.1 Å². The lowest BCUT2D eigenvalue weighted by atomic mass is 10.1. The summed E-state index contributed by atoms with van der Waals surface area (Å²) in [6, 6.07) is 8.10. The Bertz CT molecular complexity index is 705. The molecule has 6 heteroatoms. The number of aliphatic hydroxyl groups excluding tert-OH is 1. The SMILES string of the molecule is COCc1c(C(=O)N2CCN(CC(C)O)CC2)sc2ccccc12. The summed E-state index contributed by atoms with van der Waals surface area (Å²) in [6.45, 7) is 5.93. The zero-order chi connectivity index (χ0) is 17.1. The predicted molar refractivity (Wildman–Crippen MR) is 96.6 cm³/mol. The van der Waals surface area contributed by atoms with Crippen LogP contribution in [0.5, 0.6) is 0 Å². The number of benzene rings is 1. The van der Waals surface area contributed by atoms with Gasteiger partial charge in [0.2, 0.25) is 0 Å². The Balaban J connectivity index is 1.78. The quantitative estimate of drug-likeness (QED) is 0.900. The minimum atomic E-state index is -0.330. The Hall–Kier alpha value is -1.47. The number of rotatable bonds is 5. The first kappa shape index (κ1) is 17.4. The van der Waals surface area contributed by atoms with Gasteiger partial charge in [-0.25, -0.2) is 0 Å². The molecule has 24 heavy (non-hydrogen) atoms. The first-order valence-corrected chi connectivity index (χ1v) is 9.11. The summed E-state index contributed by atoms with van der Waals surface area (Å²) in [6.07, 6.45) is -0.330. The van der Waals surface area contributed by atoms with Crippen molar-refractivity contribution in [1.29, 1.82) is 0 Å². The Labute approximate surface area is 146 Å². The van der Waals surface area contributed by atoms with Crippen LogP contribution >= 0.6 is 11.3 Å². The number of nitrogens with zero attached hydrogens (tertiary/aromatic N) is 2. The molecular formula is C18H24N2O3S. The Morgan fingerprint density at radius 1 is 1.29 bits per heavy atom. The normalized spacial score (nSPS) is 17.4. The van der Waals surface area contributed by atoms with E-state index in [4.69, 9.17) is 4.74 Å². The van der Waals surface area contributed by atoms with Crippen LogP contribution < -0.4 is 0 Å². The van der Waals surface area contributed by atoms with E-state index in [-0.39, 0.29) is 12.0 Å². The van der Waals surface area contributed by atoms with Gasteiger partial charge >= 0.3 is 0 Å². The molecule has 3 rings (SSSR count). The zero-order valence-corrected chi connectivity index (χ0v) is 15.0. The van der Waals surface area contributed by atoms with Gasteiger partial charge in [0.05, 0.1) is 17.6 Å². The summed E-state index contributed by atoms with van der Waals surface area (Å²) in [7, 11) is 1.66. The molecule has 1 N–H and O–H groups in total. The van der Waals surface area contributed by atoms with Gasteiger partial charge in [-0.2, -0.15) is 0 Å². The summed E-state index contributed by atoms with van der Waals surface area (Å²) >= 11 is 1.55. The van der Waals surface area contributed by atoms with Crippen molar-refractivity contribution in [2.45, 2.75) is 19.6 Å². The number of thiophene rings is 1. The molecule has 2 heterocycles. The smallest absolute Gasteiger partial charge is 0.264 e. The molecule has 1 fully saturated rings. The van der Waals surface area contributed by atoms with Gasteiger partial charge in [0.15, 0.2) is 0 Å². The van der Waals surface area contributed by atoms with Crippen LogP contribution in [0.1, 0.15) is 22.2 Å². The zero-order valence-electron chi connectivity index (χ0n) is 14.2. The molecule has 5 nitrogen and oxygen atoms in total. The van der Waals surface area contributed by atoms with Gasteiger partial charge in [0, 0.05) is 50.1 Å². The maximum absolute atomic E-state index is 13.0. The minimum Gasteiger partial charge on any atom is -0.392 e. The van der Waals surface area contributed by atoms with E-state index in [0.29, 0.717) is 26.2 Å². The van der Waals surface area contributed by atoms with Crippen LogP contribution in [0.3, 0.4) is 0 Å². The lowest BCUT2D eigenvalue weighted by molar-refractivity contribution is 0.0555. The highest BCUT2D eigenvalue weighted by molar-refractivity contribution is 7.21. The fourth-order valence-corrected chi connectivity index (χ4v) is 4.39. The monoisotopic (exact) mass is 348 g/mol. The van der Waals surface area contributed by atoms with Crippen molar-refractivity contribution in [3.05, 3.63) is 34.7 Å². The minimum absolute atomic E-state index is 0.0972.